The molecule has 16 heavy (non-hydrogen) atoms. The summed E-state index contributed by atoms with van der Waals surface area (Å²) in [5.74, 6) is 0.910. The smallest absolute Gasteiger partial charge is 0.252 e. The van der Waals surface area contributed by atoms with Crippen molar-refractivity contribution in [1.29, 1.82) is 0 Å². The van der Waals surface area contributed by atoms with Gasteiger partial charge in [0.25, 0.3) is 5.89 Å². The average Bonchev–Trinajstić information content (AvgIpc) is 2.86. The van der Waals surface area contributed by atoms with Crippen LogP contribution in [0.25, 0.3) is 11.5 Å². The van der Waals surface area contributed by atoms with Crippen LogP contribution in [0.1, 0.15) is 25.8 Å². The van der Waals surface area contributed by atoms with Gasteiger partial charge in [0, 0.05) is 0 Å². The number of halogens is 1. The van der Waals surface area contributed by atoms with Gasteiger partial charge >= 0.3 is 0 Å². The van der Waals surface area contributed by atoms with Crippen molar-refractivity contribution >= 4 is 11.6 Å². The molecule has 1 N–H and O–H groups in total. The molecule has 0 aromatic carbocycles. The molecule has 6 heteroatoms. The van der Waals surface area contributed by atoms with E-state index in [2.05, 4.69) is 15.5 Å². The van der Waals surface area contributed by atoms with Gasteiger partial charge in [-0.25, -0.2) is 0 Å². The molecule has 2 aromatic heterocycles. The summed E-state index contributed by atoms with van der Waals surface area (Å²) in [7, 11) is 0. The molecule has 0 aliphatic rings. The predicted molar refractivity (Wildman–Crippen MR) is 59.1 cm³/mol. The first-order valence-corrected chi connectivity index (χ1v) is 5.40. The maximum absolute atomic E-state index is 5.81. The van der Waals surface area contributed by atoms with Crippen molar-refractivity contribution < 1.29 is 8.83 Å². The molecule has 2 heterocycles. The summed E-state index contributed by atoms with van der Waals surface area (Å²) >= 11 is 5.81. The standard InChI is InChI=1S/C10H12ClN3O2/c1-3-12-6(2)9-13-14-10(16-9)7-4-5-15-8(7)11/h4-6,12H,3H2,1-2H3. The van der Waals surface area contributed by atoms with Gasteiger partial charge in [-0.05, 0) is 31.1 Å². The zero-order valence-corrected chi connectivity index (χ0v) is 9.78. The molecule has 1 atom stereocenters. The normalized spacial score (nSPS) is 12.9. The summed E-state index contributed by atoms with van der Waals surface area (Å²) in [5.41, 5.74) is 0.615. The number of nitrogens with one attached hydrogen (secondary N) is 1. The molecule has 86 valence electrons. The lowest BCUT2D eigenvalue weighted by Gasteiger charge is -2.05. The molecular weight excluding hydrogens is 230 g/mol. The topological polar surface area (TPSA) is 64.1 Å². The quantitative estimate of drug-likeness (QED) is 0.892. The minimum Gasteiger partial charge on any atom is -0.452 e. The number of aromatic nitrogens is 2. The van der Waals surface area contributed by atoms with Crippen LogP contribution >= 0.6 is 11.6 Å². The minimum absolute atomic E-state index is 0.0249. The maximum Gasteiger partial charge on any atom is 0.252 e. The van der Waals surface area contributed by atoms with Crippen molar-refractivity contribution in [1.82, 2.24) is 15.5 Å². The zero-order valence-electron chi connectivity index (χ0n) is 9.03. The van der Waals surface area contributed by atoms with Crippen molar-refractivity contribution in [2.75, 3.05) is 6.54 Å². The fraction of sp³-hybridized carbons (Fsp3) is 0.400. The van der Waals surface area contributed by atoms with E-state index in [1.54, 1.807) is 6.07 Å². The van der Waals surface area contributed by atoms with Crippen LogP contribution < -0.4 is 5.32 Å². The second kappa shape index (κ2) is 4.67. The van der Waals surface area contributed by atoms with E-state index in [1.807, 2.05) is 13.8 Å². The van der Waals surface area contributed by atoms with Gasteiger partial charge in [0.05, 0.1) is 17.9 Å². The van der Waals surface area contributed by atoms with Crippen LogP contribution in [-0.4, -0.2) is 16.7 Å². The molecule has 0 aliphatic carbocycles. The van der Waals surface area contributed by atoms with Crippen molar-refractivity contribution in [2.45, 2.75) is 19.9 Å². The number of hydrogen-bond donors (Lipinski definition) is 1. The molecule has 0 aliphatic heterocycles. The summed E-state index contributed by atoms with van der Waals surface area (Å²) in [4.78, 5) is 0. The highest BCUT2D eigenvalue weighted by molar-refractivity contribution is 6.31. The van der Waals surface area contributed by atoms with Gasteiger partial charge in [-0.2, -0.15) is 0 Å². The third-order valence-electron chi connectivity index (χ3n) is 2.17. The predicted octanol–water partition coefficient (Wildman–Crippen LogP) is 2.65. The van der Waals surface area contributed by atoms with Crippen molar-refractivity contribution in [3.63, 3.8) is 0 Å². The lowest BCUT2D eigenvalue weighted by Crippen LogP contribution is -2.17. The van der Waals surface area contributed by atoms with Crippen LogP contribution in [0.4, 0.5) is 0 Å². The largest absolute Gasteiger partial charge is 0.452 e. The molecule has 0 bridgehead atoms. The van der Waals surface area contributed by atoms with Crippen LogP contribution in [0.2, 0.25) is 5.22 Å². The van der Waals surface area contributed by atoms with Gasteiger partial charge in [-0.3, -0.25) is 0 Å². The van der Waals surface area contributed by atoms with E-state index in [-0.39, 0.29) is 11.3 Å². The number of rotatable bonds is 4. The van der Waals surface area contributed by atoms with E-state index in [1.165, 1.54) is 6.26 Å². The maximum atomic E-state index is 5.81. The molecule has 0 saturated heterocycles. The first-order chi connectivity index (χ1) is 7.72. The Morgan fingerprint density at radius 2 is 2.31 bits per heavy atom. The van der Waals surface area contributed by atoms with Crippen molar-refractivity contribution in [3.8, 4) is 11.5 Å². The van der Waals surface area contributed by atoms with E-state index < -0.39 is 0 Å². The molecule has 1 unspecified atom stereocenters. The molecule has 2 aromatic rings. The van der Waals surface area contributed by atoms with Gasteiger partial charge < -0.3 is 14.2 Å². The van der Waals surface area contributed by atoms with E-state index in [0.29, 0.717) is 17.3 Å². The van der Waals surface area contributed by atoms with Crippen LogP contribution in [0, 0.1) is 0 Å². The molecule has 0 spiro atoms. The zero-order chi connectivity index (χ0) is 11.5. The van der Waals surface area contributed by atoms with Crippen LogP contribution in [-0.2, 0) is 0 Å². The summed E-state index contributed by atoms with van der Waals surface area (Å²) in [6.45, 7) is 4.81. The fourth-order valence-electron chi connectivity index (χ4n) is 1.36. The SMILES string of the molecule is CCNC(C)c1nnc(-c2ccoc2Cl)o1. The Morgan fingerprint density at radius 1 is 1.50 bits per heavy atom. The van der Waals surface area contributed by atoms with E-state index in [4.69, 9.17) is 20.4 Å². The first kappa shape index (κ1) is 11.2. The lowest BCUT2D eigenvalue weighted by molar-refractivity contribution is 0.428. The highest BCUT2D eigenvalue weighted by Crippen LogP contribution is 2.28. The van der Waals surface area contributed by atoms with Gasteiger partial charge in [0.2, 0.25) is 11.1 Å². The second-order valence-corrected chi connectivity index (χ2v) is 3.68. The van der Waals surface area contributed by atoms with Crippen LogP contribution in [0.3, 0.4) is 0 Å². The van der Waals surface area contributed by atoms with Gasteiger partial charge in [0.15, 0.2) is 0 Å². The first-order valence-electron chi connectivity index (χ1n) is 5.02. The Labute approximate surface area is 97.8 Å². The van der Waals surface area contributed by atoms with Crippen molar-refractivity contribution in [3.05, 3.63) is 23.4 Å². The highest BCUT2D eigenvalue weighted by atomic mass is 35.5. The minimum atomic E-state index is 0.0249. The molecule has 5 nitrogen and oxygen atoms in total. The third-order valence-corrected chi connectivity index (χ3v) is 2.46. The lowest BCUT2D eigenvalue weighted by atomic mass is 10.3. The Hall–Kier alpha value is -1.33. The third kappa shape index (κ3) is 2.10. The fourth-order valence-corrected chi connectivity index (χ4v) is 1.55. The Kier molecular flexibility index (Phi) is 3.26. The molecule has 0 saturated carbocycles. The molecule has 0 radical (unpaired) electrons. The summed E-state index contributed by atoms with van der Waals surface area (Å²) in [6, 6.07) is 1.72. The molecular formula is C10H12ClN3O2. The Balaban J connectivity index is 2.23. The average molecular weight is 242 g/mol. The van der Waals surface area contributed by atoms with Crippen LogP contribution in [0.5, 0.6) is 0 Å². The monoisotopic (exact) mass is 241 g/mol. The number of hydrogen-bond acceptors (Lipinski definition) is 5. The second-order valence-electron chi connectivity index (χ2n) is 3.33. The van der Waals surface area contributed by atoms with E-state index in [0.717, 1.165) is 6.54 Å². The highest BCUT2D eigenvalue weighted by Gasteiger charge is 2.17. The molecule has 0 fully saturated rings. The molecule has 2 rings (SSSR count). The summed E-state index contributed by atoms with van der Waals surface area (Å²) in [6.07, 6.45) is 1.48. The van der Waals surface area contributed by atoms with Gasteiger partial charge in [0.1, 0.15) is 0 Å². The van der Waals surface area contributed by atoms with Crippen LogP contribution in [0.15, 0.2) is 21.2 Å². The molecule has 0 amide bonds. The number of nitrogens with zero attached hydrogens (tertiary/aromatic N) is 2. The van der Waals surface area contributed by atoms with E-state index in [9.17, 15) is 0 Å². The van der Waals surface area contributed by atoms with Crippen molar-refractivity contribution in [2.24, 2.45) is 0 Å². The Bertz CT molecular complexity index is 466. The van der Waals surface area contributed by atoms with E-state index >= 15 is 0 Å². The Morgan fingerprint density at radius 3 is 2.94 bits per heavy atom. The number of furan rings is 1. The van der Waals surface area contributed by atoms with Gasteiger partial charge in [-0.15, -0.1) is 10.2 Å². The van der Waals surface area contributed by atoms with Gasteiger partial charge in [-0.1, -0.05) is 6.92 Å². The summed E-state index contributed by atoms with van der Waals surface area (Å²) in [5, 5.41) is 11.3. The summed E-state index contributed by atoms with van der Waals surface area (Å²) < 4.78 is 10.5.